The summed E-state index contributed by atoms with van der Waals surface area (Å²) in [4.78, 5) is 30.4. The van der Waals surface area contributed by atoms with E-state index in [1.165, 1.54) is 4.90 Å². The van der Waals surface area contributed by atoms with Crippen molar-refractivity contribution in [1.29, 1.82) is 0 Å². The molecule has 1 N–H and O–H groups in total. The van der Waals surface area contributed by atoms with Gasteiger partial charge < -0.3 is 14.6 Å². The van der Waals surface area contributed by atoms with Crippen molar-refractivity contribution in [1.82, 2.24) is 34.7 Å². The van der Waals surface area contributed by atoms with Crippen molar-refractivity contribution in [3.8, 4) is 5.69 Å². The van der Waals surface area contributed by atoms with Crippen LogP contribution in [0.15, 0.2) is 31.0 Å². The first-order chi connectivity index (χ1) is 13.1. The largest absolute Gasteiger partial charge is 0.447 e. The fraction of sp³-hybridized carbons (Fsp3) is 0.312. The molecule has 1 saturated heterocycles. The van der Waals surface area contributed by atoms with Crippen LogP contribution in [0.1, 0.15) is 24.5 Å². The number of hydrogen-bond acceptors (Lipinski definition) is 9. The molecular weight excluding hydrogens is 350 g/mol. The van der Waals surface area contributed by atoms with E-state index in [-0.39, 0.29) is 12.0 Å². The van der Waals surface area contributed by atoms with Gasteiger partial charge in [-0.15, -0.1) is 0 Å². The van der Waals surface area contributed by atoms with Gasteiger partial charge in [-0.25, -0.2) is 14.7 Å². The maximum atomic E-state index is 11.7. The summed E-state index contributed by atoms with van der Waals surface area (Å²) in [6.45, 7) is 4.43. The number of carbonyl (C=O) groups excluding carboxylic acids is 1. The number of anilines is 2. The Morgan fingerprint density at radius 1 is 1.26 bits per heavy atom. The van der Waals surface area contributed by atoms with Crippen LogP contribution in [0.5, 0.6) is 0 Å². The monoisotopic (exact) mass is 367 g/mol. The van der Waals surface area contributed by atoms with E-state index in [2.05, 4.69) is 35.5 Å². The van der Waals surface area contributed by atoms with Crippen LogP contribution in [-0.2, 0) is 4.74 Å². The lowest BCUT2D eigenvalue weighted by Gasteiger charge is -2.15. The number of carbonyl (C=O) groups is 1. The minimum absolute atomic E-state index is 0.166. The van der Waals surface area contributed by atoms with E-state index in [0.29, 0.717) is 24.9 Å². The highest BCUT2D eigenvalue weighted by Crippen LogP contribution is 2.19. The molecule has 1 aliphatic rings. The number of aromatic nitrogens is 7. The van der Waals surface area contributed by atoms with Gasteiger partial charge in [0.05, 0.1) is 42.7 Å². The summed E-state index contributed by atoms with van der Waals surface area (Å²) in [5.74, 6) is 1.14. The molecule has 3 aromatic heterocycles. The number of ether oxygens (including phenoxy) is 1. The van der Waals surface area contributed by atoms with Gasteiger partial charge in [-0.05, 0) is 19.9 Å². The summed E-state index contributed by atoms with van der Waals surface area (Å²) >= 11 is 0. The molecule has 1 atom stereocenters. The first-order valence-corrected chi connectivity index (χ1v) is 8.34. The van der Waals surface area contributed by atoms with E-state index in [1.54, 1.807) is 25.6 Å². The standard InChI is InChI=1S/C16H17N9O2/c1-10(13-8-24(9-17-13)12-3-4-18-19-7-12)20-14-21-11(2)22-15(23-14)25-5-6-27-16(25)26/h3-4,7-10H,5-6H2,1-2H3,(H,20,21,22,23)/t10-/m0/s1. The number of aryl methyl sites for hydroxylation is 1. The third-order valence-corrected chi connectivity index (χ3v) is 4.00. The van der Waals surface area contributed by atoms with Crippen molar-refractivity contribution in [3.05, 3.63) is 42.5 Å². The molecule has 0 unspecified atom stereocenters. The van der Waals surface area contributed by atoms with Crippen LogP contribution in [0.2, 0.25) is 0 Å². The van der Waals surface area contributed by atoms with Gasteiger partial charge >= 0.3 is 6.09 Å². The molecular formula is C16H17N9O2. The predicted molar refractivity (Wildman–Crippen MR) is 94.4 cm³/mol. The van der Waals surface area contributed by atoms with E-state index in [1.807, 2.05) is 23.8 Å². The highest BCUT2D eigenvalue weighted by atomic mass is 16.6. The molecule has 3 aromatic rings. The minimum atomic E-state index is -0.454. The van der Waals surface area contributed by atoms with Gasteiger partial charge in [-0.2, -0.15) is 25.1 Å². The van der Waals surface area contributed by atoms with Gasteiger partial charge in [-0.1, -0.05) is 0 Å². The Kier molecular flexibility index (Phi) is 4.32. The smallest absolute Gasteiger partial charge is 0.416 e. The van der Waals surface area contributed by atoms with Crippen LogP contribution in [-0.4, -0.2) is 53.9 Å². The fourth-order valence-corrected chi connectivity index (χ4v) is 2.63. The average Bonchev–Trinajstić information content (AvgIpc) is 3.31. The number of rotatable bonds is 5. The molecule has 1 aliphatic heterocycles. The highest BCUT2D eigenvalue weighted by Gasteiger charge is 2.27. The first kappa shape index (κ1) is 16.8. The zero-order valence-corrected chi connectivity index (χ0v) is 14.8. The fourth-order valence-electron chi connectivity index (χ4n) is 2.63. The van der Waals surface area contributed by atoms with Crippen LogP contribution >= 0.6 is 0 Å². The van der Waals surface area contributed by atoms with Gasteiger partial charge in [0.2, 0.25) is 11.9 Å². The zero-order valence-electron chi connectivity index (χ0n) is 14.8. The highest BCUT2D eigenvalue weighted by molar-refractivity contribution is 5.87. The summed E-state index contributed by atoms with van der Waals surface area (Å²) in [5, 5.41) is 10.8. The Balaban J connectivity index is 1.53. The van der Waals surface area contributed by atoms with Crippen molar-refractivity contribution in [2.75, 3.05) is 23.4 Å². The summed E-state index contributed by atoms with van der Waals surface area (Å²) in [6.07, 6.45) is 6.41. The molecule has 11 nitrogen and oxygen atoms in total. The molecule has 1 fully saturated rings. The van der Waals surface area contributed by atoms with E-state index < -0.39 is 6.09 Å². The van der Waals surface area contributed by atoms with E-state index in [4.69, 9.17) is 4.74 Å². The molecule has 4 heterocycles. The summed E-state index contributed by atoms with van der Waals surface area (Å²) in [7, 11) is 0. The lowest BCUT2D eigenvalue weighted by molar-refractivity contribution is 0.181. The van der Waals surface area contributed by atoms with Crippen LogP contribution in [0.25, 0.3) is 5.69 Å². The Hall–Kier alpha value is -3.63. The topological polar surface area (TPSA) is 124 Å². The number of hydrogen-bond donors (Lipinski definition) is 1. The Morgan fingerprint density at radius 2 is 2.15 bits per heavy atom. The number of amides is 1. The second-order valence-corrected chi connectivity index (χ2v) is 5.94. The van der Waals surface area contributed by atoms with Crippen molar-refractivity contribution in [2.24, 2.45) is 0 Å². The van der Waals surface area contributed by atoms with Crippen LogP contribution in [0.4, 0.5) is 16.7 Å². The first-order valence-electron chi connectivity index (χ1n) is 8.34. The predicted octanol–water partition coefficient (Wildman–Crippen LogP) is 1.29. The van der Waals surface area contributed by atoms with Gasteiger partial charge in [0, 0.05) is 6.20 Å². The third-order valence-electron chi connectivity index (χ3n) is 4.00. The van der Waals surface area contributed by atoms with Crippen LogP contribution in [0, 0.1) is 6.92 Å². The van der Waals surface area contributed by atoms with Gasteiger partial charge in [0.25, 0.3) is 0 Å². The lowest BCUT2D eigenvalue weighted by atomic mass is 10.2. The van der Waals surface area contributed by atoms with Crippen LogP contribution < -0.4 is 10.2 Å². The molecule has 138 valence electrons. The minimum Gasteiger partial charge on any atom is -0.447 e. The molecule has 0 saturated carbocycles. The maximum Gasteiger partial charge on any atom is 0.416 e. The number of cyclic esters (lactones) is 1. The molecule has 0 bridgehead atoms. The number of nitrogens with one attached hydrogen (secondary N) is 1. The number of nitrogens with zero attached hydrogens (tertiary/aromatic N) is 8. The lowest BCUT2D eigenvalue weighted by Crippen LogP contribution is -2.26. The van der Waals surface area contributed by atoms with Crippen molar-refractivity contribution in [3.63, 3.8) is 0 Å². The number of imidazole rings is 1. The summed E-state index contributed by atoms with van der Waals surface area (Å²) in [5.41, 5.74) is 1.66. The Labute approximate surface area is 154 Å². The van der Waals surface area contributed by atoms with Gasteiger partial charge in [0.15, 0.2) is 0 Å². The molecule has 0 aliphatic carbocycles. The van der Waals surface area contributed by atoms with Crippen molar-refractivity contribution < 1.29 is 9.53 Å². The zero-order chi connectivity index (χ0) is 18.8. The van der Waals surface area contributed by atoms with E-state index in [9.17, 15) is 4.79 Å². The Morgan fingerprint density at radius 3 is 2.89 bits per heavy atom. The quantitative estimate of drug-likeness (QED) is 0.710. The van der Waals surface area contributed by atoms with E-state index >= 15 is 0 Å². The van der Waals surface area contributed by atoms with Crippen molar-refractivity contribution in [2.45, 2.75) is 19.9 Å². The van der Waals surface area contributed by atoms with E-state index in [0.717, 1.165) is 11.4 Å². The SMILES string of the molecule is Cc1nc(N[C@@H](C)c2cn(-c3ccnnc3)cn2)nc(N2CCOC2=O)n1. The average molecular weight is 367 g/mol. The van der Waals surface area contributed by atoms with Gasteiger partial charge in [-0.3, -0.25) is 0 Å². The molecule has 11 heteroatoms. The second kappa shape index (κ2) is 6.94. The van der Waals surface area contributed by atoms with Crippen LogP contribution in [0.3, 0.4) is 0 Å². The van der Waals surface area contributed by atoms with Crippen molar-refractivity contribution >= 4 is 18.0 Å². The Bertz CT molecular complexity index is 960. The third kappa shape index (κ3) is 3.52. The molecule has 1 amide bonds. The molecule has 4 rings (SSSR count). The summed E-state index contributed by atoms with van der Waals surface area (Å²) < 4.78 is 6.79. The van der Waals surface area contributed by atoms with Gasteiger partial charge in [0.1, 0.15) is 12.4 Å². The molecule has 27 heavy (non-hydrogen) atoms. The maximum absolute atomic E-state index is 11.7. The molecule has 0 spiro atoms. The normalized spacial score (nSPS) is 14.9. The molecule has 0 aromatic carbocycles. The molecule has 0 radical (unpaired) electrons. The second-order valence-electron chi connectivity index (χ2n) is 5.94. The summed E-state index contributed by atoms with van der Waals surface area (Å²) in [6, 6.07) is 1.68.